The van der Waals surface area contributed by atoms with E-state index in [1.54, 1.807) is 7.05 Å². The Morgan fingerprint density at radius 3 is 2.31 bits per heavy atom. The summed E-state index contributed by atoms with van der Waals surface area (Å²) in [6.07, 6.45) is 1.41. The number of nitrogens with zero attached hydrogens (tertiary/aromatic N) is 1. The predicted octanol–water partition coefficient (Wildman–Crippen LogP) is 0.698. The van der Waals surface area contributed by atoms with Crippen LogP contribution in [0.4, 0.5) is 0 Å². The van der Waals surface area contributed by atoms with Crippen LogP contribution in [0.2, 0.25) is 0 Å². The fourth-order valence-electron chi connectivity index (χ4n) is 1.44. The van der Waals surface area contributed by atoms with Crippen molar-refractivity contribution in [2.45, 2.75) is 39.2 Å². The monoisotopic (exact) mass is 230 g/mol. The first-order valence-electron chi connectivity index (χ1n) is 5.63. The van der Waals surface area contributed by atoms with E-state index in [0.29, 0.717) is 19.0 Å². The number of nitrogens with one attached hydrogen (secondary N) is 1. The number of amides is 1. The summed E-state index contributed by atoms with van der Waals surface area (Å²) in [5, 5.41) is 11.2. The Labute approximate surface area is 96.8 Å². The molecule has 0 aliphatic heterocycles. The van der Waals surface area contributed by atoms with E-state index in [1.807, 2.05) is 13.8 Å². The number of rotatable bonds is 8. The third-order valence-corrected chi connectivity index (χ3v) is 2.47. The number of hydrogen-bond acceptors (Lipinski definition) is 3. The molecule has 1 amide bonds. The van der Waals surface area contributed by atoms with Gasteiger partial charge in [0.05, 0.1) is 6.42 Å². The van der Waals surface area contributed by atoms with Crippen LogP contribution in [0.3, 0.4) is 0 Å². The van der Waals surface area contributed by atoms with Gasteiger partial charge >= 0.3 is 5.97 Å². The van der Waals surface area contributed by atoms with Gasteiger partial charge in [-0.15, -0.1) is 0 Å². The van der Waals surface area contributed by atoms with E-state index in [4.69, 9.17) is 5.11 Å². The molecule has 16 heavy (non-hydrogen) atoms. The molecular formula is C11H22N2O3. The van der Waals surface area contributed by atoms with Crippen LogP contribution in [-0.4, -0.2) is 48.1 Å². The number of carboxylic acids is 1. The van der Waals surface area contributed by atoms with Crippen LogP contribution in [0.1, 0.15) is 33.1 Å². The summed E-state index contributed by atoms with van der Waals surface area (Å²) in [6.45, 7) is 5.36. The molecule has 0 spiro atoms. The number of carboxylic acid groups (broad SMARTS) is 1. The van der Waals surface area contributed by atoms with Crippen molar-refractivity contribution in [1.82, 2.24) is 10.2 Å². The van der Waals surface area contributed by atoms with Gasteiger partial charge in [-0.05, 0) is 26.8 Å². The van der Waals surface area contributed by atoms with Gasteiger partial charge in [0.15, 0.2) is 0 Å². The van der Waals surface area contributed by atoms with Gasteiger partial charge in [0.1, 0.15) is 0 Å². The van der Waals surface area contributed by atoms with Crippen molar-refractivity contribution in [3.8, 4) is 0 Å². The summed E-state index contributed by atoms with van der Waals surface area (Å²) in [5.74, 6) is -0.751. The summed E-state index contributed by atoms with van der Waals surface area (Å²) in [5.41, 5.74) is 0. The second kappa shape index (κ2) is 8.10. The molecule has 0 unspecified atom stereocenters. The molecule has 0 saturated heterocycles. The highest BCUT2D eigenvalue weighted by Crippen LogP contribution is 2.03. The minimum absolute atomic E-state index is 0.0296. The molecular weight excluding hydrogens is 208 g/mol. The molecule has 0 aliphatic carbocycles. The second-order valence-corrected chi connectivity index (χ2v) is 4.05. The first-order chi connectivity index (χ1) is 7.47. The molecule has 2 N–H and O–H groups in total. The van der Waals surface area contributed by atoms with Crippen molar-refractivity contribution < 1.29 is 14.7 Å². The summed E-state index contributed by atoms with van der Waals surface area (Å²) in [4.78, 5) is 23.5. The van der Waals surface area contributed by atoms with E-state index in [0.717, 1.165) is 13.0 Å². The number of hydrogen-bond donors (Lipinski definition) is 2. The lowest BCUT2D eigenvalue weighted by Crippen LogP contribution is -2.34. The molecule has 0 rings (SSSR count). The van der Waals surface area contributed by atoms with E-state index in [-0.39, 0.29) is 12.3 Å². The van der Waals surface area contributed by atoms with Crippen LogP contribution in [0.15, 0.2) is 0 Å². The van der Waals surface area contributed by atoms with Gasteiger partial charge in [0.2, 0.25) is 5.91 Å². The normalized spacial score (nSPS) is 10.8. The average Bonchev–Trinajstić information content (AvgIpc) is 2.21. The Bertz CT molecular complexity index is 229. The molecule has 94 valence electrons. The zero-order valence-electron chi connectivity index (χ0n) is 10.3. The summed E-state index contributed by atoms with van der Waals surface area (Å²) in [7, 11) is 1.62. The lowest BCUT2D eigenvalue weighted by molar-refractivity contribution is -0.137. The molecule has 0 bridgehead atoms. The summed E-state index contributed by atoms with van der Waals surface area (Å²) in [6, 6.07) is 0.309. The minimum Gasteiger partial charge on any atom is -0.481 e. The first kappa shape index (κ1) is 14.9. The van der Waals surface area contributed by atoms with Gasteiger partial charge in [-0.2, -0.15) is 0 Å². The zero-order valence-corrected chi connectivity index (χ0v) is 10.3. The Hall–Kier alpha value is -1.10. The smallest absolute Gasteiger partial charge is 0.304 e. The van der Waals surface area contributed by atoms with E-state index in [1.165, 1.54) is 0 Å². The molecule has 0 fully saturated rings. The van der Waals surface area contributed by atoms with Crippen molar-refractivity contribution in [1.29, 1.82) is 0 Å². The zero-order chi connectivity index (χ0) is 12.6. The van der Waals surface area contributed by atoms with Crippen molar-refractivity contribution in [2.75, 3.05) is 20.1 Å². The van der Waals surface area contributed by atoms with Gasteiger partial charge in [0.25, 0.3) is 0 Å². The van der Waals surface area contributed by atoms with Crippen LogP contribution < -0.4 is 5.32 Å². The number of aliphatic carboxylic acids is 1. The fourth-order valence-corrected chi connectivity index (χ4v) is 1.44. The highest BCUT2D eigenvalue weighted by atomic mass is 16.4. The van der Waals surface area contributed by atoms with Crippen molar-refractivity contribution in [2.24, 2.45) is 0 Å². The van der Waals surface area contributed by atoms with E-state index >= 15 is 0 Å². The Morgan fingerprint density at radius 1 is 1.25 bits per heavy atom. The first-order valence-corrected chi connectivity index (χ1v) is 5.63. The van der Waals surface area contributed by atoms with Gasteiger partial charge in [-0.25, -0.2) is 0 Å². The Kier molecular flexibility index (Phi) is 7.54. The van der Waals surface area contributed by atoms with Gasteiger partial charge in [-0.1, -0.05) is 0 Å². The standard InChI is InChI=1S/C11H22N2O3/c1-9(2)13(8-6-11(15)16)7-4-5-10(14)12-3/h9H,4-8H2,1-3H3,(H,12,14)(H,15,16). The highest BCUT2D eigenvalue weighted by molar-refractivity contribution is 5.75. The fraction of sp³-hybridized carbons (Fsp3) is 0.818. The lowest BCUT2D eigenvalue weighted by Gasteiger charge is -2.25. The van der Waals surface area contributed by atoms with Crippen molar-refractivity contribution in [3.63, 3.8) is 0 Å². The summed E-state index contributed by atoms with van der Waals surface area (Å²) >= 11 is 0. The van der Waals surface area contributed by atoms with Crippen LogP contribution in [0.25, 0.3) is 0 Å². The molecule has 0 saturated carbocycles. The SMILES string of the molecule is CNC(=O)CCCN(CCC(=O)O)C(C)C. The van der Waals surface area contributed by atoms with Crippen LogP contribution >= 0.6 is 0 Å². The summed E-state index contributed by atoms with van der Waals surface area (Å²) < 4.78 is 0. The molecule has 0 radical (unpaired) electrons. The number of carbonyl (C=O) groups is 2. The molecule has 0 aromatic heterocycles. The van der Waals surface area contributed by atoms with E-state index in [9.17, 15) is 9.59 Å². The van der Waals surface area contributed by atoms with Crippen LogP contribution in [-0.2, 0) is 9.59 Å². The average molecular weight is 230 g/mol. The Morgan fingerprint density at radius 2 is 1.88 bits per heavy atom. The lowest BCUT2D eigenvalue weighted by atomic mass is 10.2. The van der Waals surface area contributed by atoms with Crippen LogP contribution in [0.5, 0.6) is 0 Å². The molecule has 0 aliphatic rings. The third kappa shape index (κ3) is 7.23. The van der Waals surface area contributed by atoms with Gasteiger partial charge in [-0.3, -0.25) is 9.59 Å². The second-order valence-electron chi connectivity index (χ2n) is 4.05. The topological polar surface area (TPSA) is 69.6 Å². The van der Waals surface area contributed by atoms with E-state index in [2.05, 4.69) is 10.2 Å². The van der Waals surface area contributed by atoms with Gasteiger partial charge in [0, 0.05) is 26.1 Å². The van der Waals surface area contributed by atoms with Crippen molar-refractivity contribution >= 4 is 11.9 Å². The predicted molar refractivity (Wildman–Crippen MR) is 62.3 cm³/mol. The highest BCUT2D eigenvalue weighted by Gasteiger charge is 2.11. The third-order valence-electron chi connectivity index (χ3n) is 2.47. The molecule has 0 atom stereocenters. The van der Waals surface area contributed by atoms with E-state index < -0.39 is 5.97 Å². The molecule has 0 heterocycles. The quantitative estimate of drug-likeness (QED) is 0.644. The Balaban J connectivity index is 3.85. The maximum atomic E-state index is 11.0. The molecule has 0 aromatic rings. The van der Waals surface area contributed by atoms with Gasteiger partial charge < -0.3 is 15.3 Å². The molecule has 5 nitrogen and oxygen atoms in total. The number of carbonyl (C=O) groups excluding carboxylic acids is 1. The maximum absolute atomic E-state index is 11.0. The minimum atomic E-state index is -0.781. The maximum Gasteiger partial charge on any atom is 0.304 e. The van der Waals surface area contributed by atoms with Crippen LogP contribution in [0, 0.1) is 0 Å². The van der Waals surface area contributed by atoms with Crippen molar-refractivity contribution in [3.05, 3.63) is 0 Å². The molecule has 5 heteroatoms. The molecule has 0 aromatic carbocycles. The largest absolute Gasteiger partial charge is 0.481 e.